The van der Waals surface area contributed by atoms with E-state index in [1.165, 1.54) is 25.7 Å². The molecule has 0 amide bonds. The number of nitrogens with zero attached hydrogens (tertiary/aromatic N) is 1. The molecule has 3 unspecified atom stereocenters. The molecule has 3 atom stereocenters. The molecule has 0 aromatic rings. The quantitative estimate of drug-likeness (QED) is 0.724. The van der Waals surface area contributed by atoms with Crippen molar-refractivity contribution >= 4 is 0 Å². The van der Waals surface area contributed by atoms with Gasteiger partial charge in [-0.3, -0.25) is 0 Å². The Morgan fingerprint density at radius 3 is 2.62 bits per heavy atom. The lowest BCUT2D eigenvalue weighted by molar-refractivity contribution is 0.0507. The van der Waals surface area contributed by atoms with Gasteiger partial charge in [-0.1, -0.05) is 19.8 Å². The Bertz CT molecular complexity index is 147. The van der Waals surface area contributed by atoms with Crippen molar-refractivity contribution in [3.8, 4) is 0 Å². The largest absolute Gasteiger partial charge is 0.392 e. The van der Waals surface area contributed by atoms with Crippen LogP contribution in [0.3, 0.4) is 0 Å². The van der Waals surface area contributed by atoms with Crippen LogP contribution in [-0.4, -0.2) is 36.8 Å². The highest BCUT2D eigenvalue weighted by atomic mass is 16.3. The summed E-state index contributed by atoms with van der Waals surface area (Å²) in [7, 11) is 4.05. The molecule has 1 saturated carbocycles. The van der Waals surface area contributed by atoms with E-state index in [0.29, 0.717) is 5.92 Å². The Hall–Kier alpha value is -0.0800. The third kappa shape index (κ3) is 3.65. The number of hydrogen-bond acceptors (Lipinski definition) is 2. The molecule has 1 aliphatic carbocycles. The lowest BCUT2D eigenvalue weighted by Crippen LogP contribution is -2.34. The van der Waals surface area contributed by atoms with Crippen LogP contribution in [0.25, 0.3) is 0 Å². The first-order valence-electron chi connectivity index (χ1n) is 5.42. The van der Waals surface area contributed by atoms with E-state index in [-0.39, 0.29) is 6.10 Å². The first-order valence-corrected chi connectivity index (χ1v) is 5.42. The number of aliphatic hydroxyl groups is 1. The van der Waals surface area contributed by atoms with E-state index < -0.39 is 0 Å². The second kappa shape index (κ2) is 4.97. The Morgan fingerprint density at radius 2 is 2.08 bits per heavy atom. The highest BCUT2D eigenvalue weighted by molar-refractivity contribution is 4.77. The topological polar surface area (TPSA) is 23.5 Å². The minimum Gasteiger partial charge on any atom is -0.392 e. The third-order valence-electron chi connectivity index (χ3n) is 3.07. The molecule has 0 aromatic heterocycles. The smallest absolute Gasteiger partial charge is 0.0695 e. The van der Waals surface area contributed by atoms with E-state index in [1.807, 2.05) is 14.1 Å². The number of rotatable bonds is 3. The molecule has 0 spiro atoms. The first-order chi connectivity index (χ1) is 6.09. The van der Waals surface area contributed by atoms with Gasteiger partial charge in [0.1, 0.15) is 0 Å². The second-order valence-electron chi connectivity index (χ2n) is 4.86. The van der Waals surface area contributed by atoms with Crippen molar-refractivity contribution in [1.82, 2.24) is 4.90 Å². The molecule has 0 aromatic carbocycles. The minimum atomic E-state index is -0.113. The normalized spacial score (nSPS) is 32.1. The van der Waals surface area contributed by atoms with Gasteiger partial charge >= 0.3 is 0 Å². The lowest BCUT2D eigenvalue weighted by Gasteiger charge is -2.31. The number of aliphatic hydroxyl groups excluding tert-OH is 1. The van der Waals surface area contributed by atoms with E-state index in [0.717, 1.165) is 12.5 Å². The Labute approximate surface area is 81.9 Å². The van der Waals surface area contributed by atoms with Gasteiger partial charge in [-0.05, 0) is 38.8 Å². The van der Waals surface area contributed by atoms with E-state index in [4.69, 9.17) is 0 Å². The van der Waals surface area contributed by atoms with Crippen LogP contribution >= 0.6 is 0 Å². The van der Waals surface area contributed by atoms with Crippen LogP contribution in [0.1, 0.15) is 32.6 Å². The predicted octanol–water partition coefficient (Wildman–Crippen LogP) is 1.74. The molecule has 1 fully saturated rings. The average Bonchev–Trinajstić information content (AvgIpc) is 2.03. The molecule has 0 saturated heterocycles. The highest BCUT2D eigenvalue weighted by Crippen LogP contribution is 2.30. The fraction of sp³-hybridized carbons (Fsp3) is 1.00. The molecular weight excluding hydrogens is 162 g/mol. The van der Waals surface area contributed by atoms with Gasteiger partial charge in [0.25, 0.3) is 0 Å². The molecule has 78 valence electrons. The fourth-order valence-electron chi connectivity index (χ4n) is 2.35. The van der Waals surface area contributed by atoms with Crippen molar-refractivity contribution in [3.05, 3.63) is 0 Å². The molecule has 0 aliphatic heterocycles. The van der Waals surface area contributed by atoms with Gasteiger partial charge < -0.3 is 10.0 Å². The van der Waals surface area contributed by atoms with Gasteiger partial charge in [0.05, 0.1) is 6.10 Å². The molecule has 0 heterocycles. The van der Waals surface area contributed by atoms with E-state index >= 15 is 0 Å². The summed E-state index contributed by atoms with van der Waals surface area (Å²) in [5.41, 5.74) is 0. The van der Waals surface area contributed by atoms with Gasteiger partial charge in [0, 0.05) is 6.54 Å². The summed E-state index contributed by atoms with van der Waals surface area (Å²) in [6.07, 6.45) is 4.98. The van der Waals surface area contributed by atoms with Gasteiger partial charge in [-0.2, -0.15) is 0 Å². The zero-order valence-corrected chi connectivity index (χ0v) is 9.16. The third-order valence-corrected chi connectivity index (χ3v) is 3.07. The van der Waals surface area contributed by atoms with E-state index in [9.17, 15) is 5.11 Å². The molecule has 2 nitrogen and oxygen atoms in total. The highest BCUT2D eigenvalue weighted by Gasteiger charge is 2.25. The molecule has 0 bridgehead atoms. The fourth-order valence-corrected chi connectivity index (χ4v) is 2.35. The van der Waals surface area contributed by atoms with Crippen molar-refractivity contribution in [2.45, 2.75) is 38.7 Å². The molecule has 13 heavy (non-hydrogen) atoms. The first kappa shape index (κ1) is 11.0. The maximum Gasteiger partial charge on any atom is 0.0695 e. The van der Waals surface area contributed by atoms with Gasteiger partial charge in [0.15, 0.2) is 0 Å². The van der Waals surface area contributed by atoms with E-state index in [1.54, 1.807) is 0 Å². The summed E-state index contributed by atoms with van der Waals surface area (Å²) in [6, 6.07) is 0. The Balaban J connectivity index is 2.32. The van der Waals surface area contributed by atoms with Gasteiger partial charge in [0.2, 0.25) is 0 Å². The average molecular weight is 185 g/mol. The standard InChI is InChI=1S/C11H23NO/c1-9-5-4-6-10(7-9)11(13)8-12(2)3/h9-11,13H,4-8H2,1-3H3. The van der Waals surface area contributed by atoms with Crippen LogP contribution < -0.4 is 0 Å². The second-order valence-corrected chi connectivity index (χ2v) is 4.86. The maximum absolute atomic E-state index is 9.92. The Kier molecular flexibility index (Phi) is 4.20. The van der Waals surface area contributed by atoms with Crippen molar-refractivity contribution in [3.63, 3.8) is 0 Å². The molecule has 1 aliphatic rings. The zero-order valence-electron chi connectivity index (χ0n) is 9.16. The van der Waals surface area contributed by atoms with Gasteiger partial charge in [-0.25, -0.2) is 0 Å². The van der Waals surface area contributed by atoms with Crippen LogP contribution in [0.4, 0.5) is 0 Å². The maximum atomic E-state index is 9.92. The zero-order chi connectivity index (χ0) is 9.84. The van der Waals surface area contributed by atoms with Crippen LogP contribution in [0.5, 0.6) is 0 Å². The molecular formula is C11H23NO. The summed E-state index contributed by atoms with van der Waals surface area (Å²) >= 11 is 0. The van der Waals surface area contributed by atoms with Crippen LogP contribution in [0, 0.1) is 11.8 Å². The van der Waals surface area contributed by atoms with Crippen molar-refractivity contribution in [2.24, 2.45) is 11.8 Å². The minimum absolute atomic E-state index is 0.113. The molecule has 2 heteroatoms. The summed E-state index contributed by atoms with van der Waals surface area (Å²) < 4.78 is 0. The van der Waals surface area contributed by atoms with Crippen molar-refractivity contribution in [1.29, 1.82) is 0 Å². The monoisotopic (exact) mass is 185 g/mol. The summed E-state index contributed by atoms with van der Waals surface area (Å²) in [4.78, 5) is 2.07. The van der Waals surface area contributed by atoms with Gasteiger partial charge in [-0.15, -0.1) is 0 Å². The summed E-state index contributed by atoms with van der Waals surface area (Å²) in [5.74, 6) is 1.36. The van der Waals surface area contributed by atoms with Crippen molar-refractivity contribution in [2.75, 3.05) is 20.6 Å². The SMILES string of the molecule is CC1CCCC(C(O)CN(C)C)C1. The molecule has 0 radical (unpaired) electrons. The summed E-state index contributed by atoms with van der Waals surface area (Å²) in [5, 5.41) is 9.92. The number of hydrogen-bond donors (Lipinski definition) is 1. The van der Waals surface area contributed by atoms with Crippen molar-refractivity contribution < 1.29 is 5.11 Å². The van der Waals surface area contributed by atoms with Crippen LogP contribution in [0.2, 0.25) is 0 Å². The molecule has 1 N–H and O–H groups in total. The van der Waals surface area contributed by atoms with Crippen LogP contribution in [-0.2, 0) is 0 Å². The molecule has 1 rings (SSSR count). The predicted molar refractivity (Wildman–Crippen MR) is 55.7 cm³/mol. The number of likely N-dealkylation sites (N-methyl/N-ethyl adjacent to an activating group) is 1. The van der Waals surface area contributed by atoms with E-state index in [2.05, 4.69) is 11.8 Å². The van der Waals surface area contributed by atoms with Crippen LogP contribution in [0.15, 0.2) is 0 Å². The summed E-state index contributed by atoms with van der Waals surface area (Å²) in [6.45, 7) is 3.12. The lowest BCUT2D eigenvalue weighted by atomic mass is 9.79. The Morgan fingerprint density at radius 1 is 1.38 bits per heavy atom.